The van der Waals surface area contributed by atoms with Gasteiger partial charge < -0.3 is 15.4 Å². The number of hydrogen-bond donors (Lipinski definition) is 2. The standard InChI is InChI=1S/C33H31FN2O4S2/c1-3-27(41-25-11-7-10-24(19-25)35-30(37)21-12-15-23(34)16-13-21)31(38)36-32-29(33(39)40-2)26-17-14-22(18-28(26)42-32)20-8-5-4-6-9-20/h4-13,15-16,19,22,27H,3,14,17-18H2,1-2H3,(H,35,37)(H,36,38). The number of nitrogens with one attached hydrogen (secondary N) is 2. The Bertz CT molecular complexity index is 1590. The van der Waals surface area contributed by atoms with Gasteiger partial charge in [-0.3, -0.25) is 9.59 Å². The second-order valence-corrected chi connectivity index (χ2v) is 12.4. The number of methoxy groups -OCH3 is 1. The van der Waals surface area contributed by atoms with Gasteiger partial charge in [-0.25, -0.2) is 9.18 Å². The van der Waals surface area contributed by atoms with Gasteiger partial charge >= 0.3 is 5.97 Å². The number of fused-ring (bicyclic) bond motifs is 1. The maximum absolute atomic E-state index is 13.5. The molecule has 2 atom stereocenters. The Hall–Kier alpha value is -3.95. The Morgan fingerprint density at radius 2 is 1.79 bits per heavy atom. The molecule has 1 aromatic heterocycles. The molecule has 4 aromatic rings. The Labute approximate surface area is 252 Å². The third kappa shape index (κ3) is 6.74. The molecule has 0 aliphatic heterocycles. The van der Waals surface area contributed by atoms with Gasteiger partial charge in [0.1, 0.15) is 10.8 Å². The largest absolute Gasteiger partial charge is 0.465 e. The normalized spacial score (nSPS) is 14.9. The summed E-state index contributed by atoms with van der Waals surface area (Å²) in [5, 5.41) is 5.96. The highest BCUT2D eigenvalue weighted by Gasteiger charge is 2.31. The fourth-order valence-corrected chi connectivity index (χ4v) is 7.46. The number of esters is 1. The molecule has 0 bridgehead atoms. The molecular weight excluding hydrogens is 572 g/mol. The maximum Gasteiger partial charge on any atom is 0.341 e. The monoisotopic (exact) mass is 602 g/mol. The van der Waals surface area contributed by atoms with Crippen LogP contribution < -0.4 is 10.6 Å². The van der Waals surface area contributed by atoms with Gasteiger partial charge in [0.2, 0.25) is 5.91 Å². The summed E-state index contributed by atoms with van der Waals surface area (Å²) in [7, 11) is 1.36. The first kappa shape index (κ1) is 29.5. The lowest BCUT2D eigenvalue weighted by Gasteiger charge is -2.22. The molecule has 0 saturated heterocycles. The van der Waals surface area contributed by atoms with Crippen LogP contribution >= 0.6 is 23.1 Å². The van der Waals surface area contributed by atoms with Crippen LogP contribution in [0.3, 0.4) is 0 Å². The van der Waals surface area contributed by atoms with Crippen molar-refractivity contribution in [1.29, 1.82) is 0 Å². The van der Waals surface area contributed by atoms with E-state index in [1.807, 2.05) is 31.2 Å². The van der Waals surface area contributed by atoms with Crippen molar-refractivity contribution in [3.05, 3.63) is 112 Å². The van der Waals surface area contributed by atoms with E-state index < -0.39 is 17.0 Å². The quantitative estimate of drug-likeness (QED) is 0.151. The zero-order valence-electron chi connectivity index (χ0n) is 23.3. The van der Waals surface area contributed by atoms with Crippen LogP contribution in [0.25, 0.3) is 0 Å². The predicted molar refractivity (Wildman–Crippen MR) is 166 cm³/mol. The summed E-state index contributed by atoms with van der Waals surface area (Å²) >= 11 is 2.84. The van der Waals surface area contributed by atoms with Crippen LogP contribution in [0.1, 0.15) is 62.4 Å². The fourth-order valence-electron chi connectivity index (χ4n) is 5.13. The molecule has 1 aliphatic carbocycles. The number of amides is 2. The molecule has 6 nitrogen and oxygen atoms in total. The SMILES string of the molecule is CCC(Sc1cccc(NC(=O)c2ccc(F)cc2)c1)C(=O)Nc1sc2c(c1C(=O)OC)CCC(c1ccccc1)C2. The Balaban J connectivity index is 1.30. The number of halogens is 1. The molecule has 0 saturated carbocycles. The van der Waals surface area contributed by atoms with Crippen LogP contribution in [0, 0.1) is 5.82 Å². The first-order chi connectivity index (χ1) is 20.4. The lowest BCUT2D eigenvalue weighted by atomic mass is 9.83. The number of rotatable bonds is 9. The fraction of sp³-hybridized carbons (Fsp3) is 0.242. The predicted octanol–water partition coefficient (Wildman–Crippen LogP) is 7.71. The van der Waals surface area contributed by atoms with Gasteiger partial charge in [0.25, 0.3) is 5.91 Å². The topological polar surface area (TPSA) is 84.5 Å². The van der Waals surface area contributed by atoms with Gasteiger partial charge in [0, 0.05) is 21.0 Å². The first-order valence-corrected chi connectivity index (χ1v) is 15.5. The van der Waals surface area contributed by atoms with E-state index in [4.69, 9.17) is 4.74 Å². The van der Waals surface area contributed by atoms with Crippen molar-refractivity contribution in [2.45, 2.75) is 48.7 Å². The highest BCUT2D eigenvalue weighted by atomic mass is 32.2. The Morgan fingerprint density at radius 3 is 2.50 bits per heavy atom. The van der Waals surface area contributed by atoms with Crippen LogP contribution in [-0.4, -0.2) is 30.1 Å². The summed E-state index contributed by atoms with van der Waals surface area (Å²) in [6, 6.07) is 22.9. The number of carbonyl (C=O) groups is 3. The minimum atomic E-state index is -0.439. The van der Waals surface area contributed by atoms with Crippen molar-refractivity contribution in [3.63, 3.8) is 0 Å². The molecule has 216 valence electrons. The van der Waals surface area contributed by atoms with Crippen LogP contribution in [0.15, 0.2) is 83.8 Å². The van der Waals surface area contributed by atoms with E-state index in [2.05, 4.69) is 22.8 Å². The minimum absolute atomic E-state index is 0.202. The summed E-state index contributed by atoms with van der Waals surface area (Å²) in [5.41, 5.74) is 3.62. The minimum Gasteiger partial charge on any atom is -0.465 e. The van der Waals surface area contributed by atoms with Gasteiger partial charge in [-0.2, -0.15) is 0 Å². The summed E-state index contributed by atoms with van der Waals surface area (Å²) in [6.45, 7) is 1.93. The molecular formula is C33H31FN2O4S2. The number of thioether (sulfide) groups is 1. The van der Waals surface area contributed by atoms with E-state index in [9.17, 15) is 18.8 Å². The Kier molecular flexibility index (Phi) is 9.39. The van der Waals surface area contributed by atoms with Crippen molar-refractivity contribution in [2.75, 3.05) is 17.7 Å². The third-order valence-corrected chi connectivity index (χ3v) is 9.83. The van der Waals surface area contributed by atoms with Crippen LogP contribution in [0.2, 0.25) is 0 Å². The lowest BCUT2D eigenvalue weighted by Crippen LogP contribution is -2.25. The van der Waals surface area contributed by atoms with E-state index in [0.29, 0.717) is 34.2 Å². The molecule has 2 N–H and O–H groups in total. The summed E-state index contributed by atoms with van der Waals surface area (Å²) in [5.74, 6) is -1.04. The van der Waals surface area contributed by atoms with Gasteiger partial charge in [0.15, 0.2) is 0 Å². The number of hydrogen-bond acceptors (Lipinski definition) is 6. The van der Waals surface area contributed by atoms with E-state index in [1.165, 1.54) is 60.0 Å². The van der Waals surface area contributed by atoms with Crippen molar-refractivity contribution in [3.8, 4) is 0 Å². The van der Waals surface area contributed by atoms with Gasteiger partial charge in [-0.05, 0) is 85.2 Å². The molecule has 5 rings (SSSR count). The number of thiophene rings is 1. The molecule has 0 spiro atoms. The molecule has 2 amide bonds. The van der Waals surface area contributed by atoms with Crippen LogP contribution in [0.5, 0.6) is 0 Å². The maximum atomic E-state index is 13.5. The average Bonchev–Trinajstić information content (AvgIpc) is 3.37. The molecule has 1 heterocycles. The van der Waals surface area contributed by atoms with E-state index >= 15 is 0 Å². The van der Waals surface area contributed by atoms with Crippen molar-refractivity contribution >= 4 is 51.6 Å². The first-order valence-electron chi connectivity index (χ1n) is 13.8. The second kappa shape index (κ2) is 13.4. The summed E-state index contributed by atoms with van der Waals surface area (Å²) in [4.78, 5) is 40.9. The molecule has 42 heavy (non-hydrogen) atoms. The highest BCUT2D eigenvalue weighted by Crippen LogP contribution is 2.43. The second-order valence-electron chi connectivity index (χ2n) is 10.0. The molecule has 1 aliphatic rings. The average molecular weight is 603 g/mol. The molecule has 2 unspecified atom stereocenters. The van der Waals surface area contributed by atoms with Gasteiger partial charge in [0.05, 0.1) is 17.9 Å². The number of carbonyl (C=O) groups excluding carboxylic acids is 3. The van der Waals surface area contributed by atoms with Crippen LogP contribution in [0.4, 0.5) is 15.1 Å². The zero-order chi connectivity index (χ0) is 29.6. The van der Waals surface area contributed by atoms with Gasteiger partial charge in [-0.15, -0.1) is 23.1 Å². The Morgan fingerprint density at radius 1 is 1.02 bits per heavy atom. The number of anilines is 2. The number of ether oxygens (including phenoxy) is 1. The van der Waals surface area contributed by atoms with Crippen LogP contribution in [-0.2, 0) is 22.4 Å². The molecule has 3 aromatic carbocycles. The summed E-state index contributed by atoms with van der Waals surface area (Å²) in [6.07, 6.45) is 3.03. The third-order valence-electron chi connectivity index (χ3n) is 7.30. The zero-order valence-corrected chi connectivity index (χ0v) is 24.9. The summed E-state index contributed by atoms with van der Waals surface area (Å²) < 4.78 is 18.3. The van der Waals surface area contributed by atoms with E-state index in [1.54, 1.807) is 18.2 Å². The van der Waals surface area contributed by atoms with Crippen molar-refractivity contribution < 1.29 is 23.5 Å². The smallest absolute Gasteiger partial charge is 0.341 e. The van der Waals surface area contributed by atoms with E-state index in [-0.39, 0.29) is 11.8 Å². The van der Waals surface area contributed by atoms with E-state index in [0.717, 1.165) is 34.6 Å². The molecule has 0 radical (unpaired) electrons. The molecule has 0 fully saturated rings. The lowest BCUT2D eigenvalue weighted by molar-refractivity contribution is -0.115. The van der Waals surface area contributed by atoms with Crippen molar-refractivity contribution in [1.82, 2.24) is 0 Å². The van der Waals surface area contributed by atoms with Crippen molar-refractivity contribution in [2.24, 2.45) is 0 Å². The number of benzene rings is 3. The molecule has 9 heteroatoms. The van der Waals surface area contributed by atoms with Gasteiger partial charge in [-0.1, -0.05) is 43.3 Å². The highest BCUT2D eigenvalue weighted by molar-refractivity contribution is 8.00.